The van der Waals surface area contributed by atoms with Crippen molar-refractivity contribution >= 4 is 17.7 Å². The number of rotatable bonds is 8. The molecule has 1 heterocycles. The molecular formula is C11H21N5O2S. The summed E-state index contributed by atoms with van der Waals surface area (Å²) < 4.78 is 1.60. The van der Waals surface area contributed by atoms with Gasteiger partial charge in [0.1, 0.15) is 0 Å². The van der Waals surface area contributed by atoms with E-state index in [-0.39, 0.29) is 11.6 Å². The van der Waals surface area contributed by atoms with Gasteiger partial charge in [-0.25, -0.2) is 9.89 Å². The van der Waals surface area contributed by atoms with E-state index in [1.807, 2.05) is 6.92 Å². The van der Waals surface area contributed by atoms with Gasteiger partial charge in [0.05, 0.1) is 5.54 Å². The molecule has 0 aliphatic carbocycles. The second-order valence-corrected chi connectivity index (χ2v) is 5.57. The van der Waals surface area contributed by atoms with Crippen LogP contribution in [-0.2, 0) is 11.3 Å². The molecule has 0 spiro atoms. The highest BCUT2D eigenvalue weighted by molar-refractivity contribution is 7.99. The highest BCUT2D eigenvalue weighted by atomic mass is 32.2. The number of carbonyl (C=O) groups excluding carboxylic acids is 1. The van der Waals surface area contributed by atoms with Gasteiger partial charge in [-0.15, -0.1) is 5.10 Å². The Bertz CT molecular complexity index is 484. The quantitative estimate of drug-likeness (QED) is 0.580. The molecule has 0 bridgehead atoms. The average Bonchev–Trinajstić information content (AvgIpc) is 2.71. The number of primary amides is 1. The van der Waals surface area contributed by atoms with Gasteiger partial charge in [0.15, 0.2) is 5.16 Å². The number of nitrogens with zero attached hydrogens (tertiary/aromatic N) is 2. The van der Waals surface area contributed by atoms with E-state index < -0.39 is 5.54 Å². The Morgan fingerprint density at radius 2 is 2.32 bits per heavy atom. The summed E-state index contributed by atoms with van der Waals surface area (Å²) in [5.74, 6) is 0.262. The SMILES string of the molecule is CCCn1c(SCCC(C)(NC)C(N)=O)n[nH]c1=O. The van der Waals surface area contributed by atoms with Gasteiger partial charge in [-0.05, 0) is 26.8 Å². The molecule has 0 saturated carbocycles. The summed E-state index contributed by atoms with van der Waals surface area (Å²) in [6.07, 6.45) is 1.43. The zero-order chi connectivity index (χ0) is 14.5. The van der Waals surface area contributed by atoms with E-state index in [1.165, 1.54) is 11.8 Å². The van der Waals surface area contributed by atoms with E-state index in [0.717, 1.165) is 6.42 Å². The fourth-order valence-corrected chi connectivity index (χ4v) is 2.69. The van der Waals surface area contributed by atoms with Gasteiger partial charge in [0.25, 0.3) is 0 Å². The van der Waals surface area contributed by atoms with E-state index in [4.69, 9.17) is 5.73 Å². The first-order chi connectivity index (χ1) is 8.94. The van der Waals surface area contributed by atoms with Crippen LogP contribution in [0.4, 0.5) is 0 Å². The van der Waals surface area contributed by atoms with Gasteiger partial charge < -0.3 is 11.1 Å². The van der Waals surface area contributed by atoms with Gasteiger partial charge >= 0.3 is 5.69 Å². The van der Waals surface area contributed by atoms with Crippen molar-refractivity contribution in [3.05, 3.63) is 10.5 Å². The predicted molar refractivity (Wildman–Crippen MR) is 75.1 cm³/mol. The first-order valence-corrected chi connectivity index (χ1v) is 7.20. The van der Waals surface area contributed by atoms with Gasteiger partial charge in [0, 0.05) is 12.3 Å². The Morgan fingerprint density at radius 3 is 2.84 bits per heavy atom. The highest BCUT2D eigenvalue weighted by Gasteiger charge is 2.28. The van der Waals surface area contributed by atoms with Crippen LogP contribution in [0.25, 0.3) is 0 Å². The largest absolute Gasteiger partial charge is 0.368 e. The van der Waals surface area contributed by atoms with E-state index in [1.54, 1.807) is 18.5 Å². The molecule has 1 rings (SSSR count). The summed E-state index contributed by atoms with van der Waals surface area (Å²) in [4.78, 5) is 22.8. The van der Waals surface area contributed by atoms with E-state index in [9.17, 15) is 9.59 Å². The summed E-state index contributed by atoms with van der Waals surface area (Å²) in [5, 5.41) is 9.98. The molecule has 4 N–H and O–H groups in total. The van der Waals surface area contributed by atoms with Crippen LogP contribution in [0, 0.1) is 0 Å². The van der Waals surface area contributed by atoms with Crippen molar-refractivity contribution in [3.63, 3.8) is 0 Å². The molecule has 0 saturated heterocycles. The third-order valence-electron chi connectivity index (χ3n) is 3.10. The van der Waals surface area contributed by atoms with Crippen LogP contribution in [-0.4, -0.2) is 39.0 Å². The van der Waals surface area contributed by atoms with Crippen molar-refractivity contribution in [2.24, 2.45) is 5.73 Å². The molecular weight excluding hydrogens is 266 g/mol. The molecule has 0 radical (unpaired) electrons. The molecule has 0 aliphatic rings. The van der Waals surface area contributed by atoms with E-state index >= 15 is 0 Å². The number of hydrogen-bond donors (Lipinski definition) is 3. The first kappa shape index (κ1) is 15.8. The molecule has 0 fully saturated rings. The lowest BCUT2D eigenvalue weighted by Crippen LogP contribution is -2.51. The minimum absolute atomic E-state index is 0.198. The number of aromatic amines is 1. The molecule has 8 heteroatoms. The van der Waals surface area contributed by atoms with E-state index in [0.29, 0.717) is 23.9 Å². The van der Waals surface area contributed by atoms with Crippen molar-refractivity contribution in [1.82, 2.24) is 20.1 Å². The minimum atomic E-state index is -0.737. The molecule has 19 heavy (non-hydrogen) atoms. The van der Waals surface area contributed by atoms with Crippen molar-refractivity contribution in [2.75, 3.05) is 12.8 Å². The third kappa shape index (κ3) is 3.84. The fourth-order valence-electron chi connectivity index (χ4n) is 1.55. The van der Waals surface area contributed by atoms with Crippen molar-refractivity contribution < 1.29 is 4.79 Å². The molecule has 1 unspecified atom stereocenters. The van der Waals surface area contributed by atoms with Gasteiger partial charge in [-0.2, -0.15) is 0 Å². The molecule has 1 aromatic rings. The maximum absolute atomic E-state index is 11.5. The normalized spacial score (nSPS) is 14.3. The maximum Gasteiger partial charge on any atom is 0.343 e. The van der Waals surface area contributed by atoms with Crippen LogP contribution in [0.3, 0.4) is 0 Å². The van der Waals surface area contributed by atoms with Crippen LogP contribution in [0.5, 0.6) is 0 Å². The number of hydrogen-bond acceptors (Lipinski definition) is 5. The van der Waals surface area contributed by atoms with Crippen LogP contribution in [0.15, 0.2) is 9.95 Å². The molecule has 1 aromatic heterocycles. The number of nitrogens with one attached hydrogen (secondary N) is 2. The third-order valence-corrected chi connectivity index (χ3v) is 4.08. The van der Waals surface area contributed by atoms with Crippen LogP contribution >= 0.6 is 11.8 Å². The van der Waals surface area contributed by atoms with Crippen LogP contribution in [0.1, 0.15) is 26.7 Å². The molecule has 0 aliphatic heterocycles. The second kappa shape index (κ2) is 6.76. The Labute approximate surface area is 116 Å². The lowest BCUT2D eigenvalue weighted by molar-refractivity contribution is -0.123. The van der Waals surface area contributed by atoms with Gasteiger partial charge in [-0.1, -0.05) is 18.7 Å². The highest BCUT2D eigenvalue weighted by Crippen LogP contribution is 2.19. The Balaban J connectivity index is 2.63. The standard InChI is InChI=1S/C11H21N5O2S/c1-4-6-16-9(18)14-15-10(16)19-7-5-11(2,13-3)8(12)17/h13H,4-7H2,1-3H3,(H2,12,17)(H,14,18). The number of H-pyrrole nitrogens is 1. The summed E-state index contributed by atoms with van der Waals surface area (Å²) in [6.45, 7) is 4.40. The summed E-state index contributed by atoms with van der Waals surface area (Å²) >= 11 is 1.44. The number of thioether (sulfide) groups is 1. The smallest absolute Gasteiger partial charge is 0.343 e. The Hall–Kier alpha value is -1.28. The summed E-state index contributed by atoms with van der Waals surface area (Å²) in [6, 6.07) is 0. The lowest BCUT2D eigenvalue weighted by Gasteiger charge is -2.24. The summed E-state index contributed by atoms with van der Waals surface area (Å²) in [5.41, 5.74) is 4.42. The average molecular weight is 287 g/mol. The monoisotopic (exact) mass is 287 g/mol. The van der Waals surface area contributed by atoms with Crippen molar-refractivity contribution in [3.8, 4) is 0 Å². The fraction of sp³-hybridized carbons (Fsp3) is 0.727. The van der Waals surface area contributed by atoms with Crippen molar-refractivity contribution in [2.45, 2.75) is 43.9 Å². The molecule has 7 nitrogen and oxygen atoms in total. The molecule has 1 atom stereocenters. The predicted octanol–water partition coefficient (Wildman–Crippen LogP) is -0.0730. The Kier molecular flexibility index (Phi) is 5.61. The zero-order valence-electron chi connectivity index (χ0n) is 11.5. The summed E-state index contributed by atoms with van der Waals surface area (Å²) in [7, 11) is 1.71. The number of likely N-dealkylation sites (N-methyl/N-ethyl adjacent to an activating group) is 1. The Morgan fingerprint density at radius 1 is 1.63 bits per heavy atom. The number of nitrogens with two attached hydrogens (primary N) is 1. The molecule has 0 aromatic carbocycles. The molecule has 108 valence electrons. The number of carbonyl (C=O) groups is 1. The maximum atomic E-state index is 11.5. The van der Waals surface area contributed by atoms with Crippen LogP contribution in [0.2, 0.25) is 0 Å². The minimum Gasteiger partial charge on any atom is -0.368 e. The van der Waals surface area contributed by atoms with Gasteiger partial charge in [0.2, 0.25) is 5.91 Å². The second-order valence-electron chi connectivity index (χ2n) is 4.51. The topological polar surface area (TPSA) is 106 Å². The number of amides is 1. The zero-order valence-corrected chi connectivity index (χ0v) is 12.3. The molecule has 1 amide bonds. The van der Waals surface area contributed by atoms with Crippen molar-refractivity contribution in [1.29, 1.82) is 0 Å². The lowest BCUT2D eigenvalue weighted by atomic mass is 9.99. The van der Waals surface area contributed by atoms with Crippen LogP contribution < -0.4 is 16.7 Å². The number of aromatic nitrogens is 3. The first-order valence-electron chi connectivity index (χ1n) is 6.21. The van der Waals surface area contributed by atoms with E-state index in [2.05, 4.69) is 15.5 Å². The van der Waals surface area contributed by atoms with Gasteiger partial charge in [-0.3, -0.25) is 9.36 Å².